The predicted octanol–water partition coefficient (Wildman–Crippen LogP) is 5.52. The van der Waals surface area contributed by atoms with Gasteiger partial charge in [-0.15, -0.1) is 0 Å². The number of rotatable bonds is 6. The molecule has 0 bridgehead atoms. The number of carbonyl (C=O) groups is 1. The summed E-state index contributed by atoms with van der Waals surface area (Å²) < 4.78 is 30.4. The summed E-state index contributed by atoms with van der Waals surface area (Å²) >= 11 is 3.39. The molecular formula is C24H17BrFNO4. The monoisotopic (exact) mass is 481 g/mol. The van der Waals surface area contributed by atoms with Gasteiger partial charge in [-0.1, -0.05) is 40.2 Å². The molecule has 4 rings (SSSR count). The van der Waals surface area contributed by atoms with Crippen LogP contribution in [-0.2, 0) is 16.1 Å². The fraction of sp³-hybridized carbons (Fsp3) is 0.0833. The number of hydrogen-bond donors (Lipinski definition) is 0. The molecule has 0 saturated carbocycles. The van der Waals surface area contributed by atoms with Gasteiger partial charge in [0.05, 0.1) is 7.11 Å². The zero-order valence-electron chi connectivity index (χ0n) is 16.5. The molecule has 7 heteroatoms. The highest BCUT2D eigenvalue weighted by molar-refractivity contribution is 9.10. The highest BCUT2D eigenvalue weighted by Crippen LogP contribution is 2.30. The van der Waals surface area contributed by atoms with Crippen molar-refractivity contribution in [1.29, 1.82) is 0 Å². The Balaban J connectivity index is 1.53. The summed E-state index contributed by atoms with van der Waals surface area (Å²) in [5.41, 5.74) is 2.43. The minimum atomic E-state index is -0.523. The number of methoxy groups -OCH3 is 1. The van der Waals surface area contributed by atoms with Gasteiger partial charge in [-0.2, -0.15) is 0 Å². The van der Waals surface area contributed by atoms with Crippen LogP contribution in [0.5, 0.6) is 11.5 Å². The molecule has 5 nitrogen and oxygen atoms in total. The topological polar surface area (TPSA) is 57.1 Å². The Morgan fingerprint density at radius 1 is 1.06 bits per heavy atom. The van der Waals surface area contributed by atoms with Gasteiger partial charge < -0.3 is 14.2 Å². The van der Waals surface area contributed by atoms with Crippen molar-refractivity contribution < 1.29 is 23.4 Å². The molecule has 0 N–H and O–H groups in total. The first-order chi connectivity index (χ1) is 15.0. The largest absolute Gasteiger partial charge is 0.493 e. The van der Waals surface area contributed by atoms with Crippen LogP contribution < -0.4 is 9.47 Å². The Bertz CT molecular complexity index is 1190. The van der Waals surface area contributed by atoms with Gasteiger partial charge in [-0.3, -0.25) is 0 Å². The third-order valence-electron chi connectivity index (χ3n) is 4.49. The average Bonchev–Trinajstić information content (AvgIpc) is 3.14. The normalized spacial score (nSPS) is 14.4. The lowest BCUT2D eigenvalue weighted by molar-refractivity contribution is -0.129. The van der Waals surface area contributed by atoms with Crippen LogP contribution in [0.1, 0.15) is 16.7 Å². The van der Waals surface area contributed by atoms with Gasteiger partial charge >= 0.3 is 5.97 Å². The zero-order valence-corrected chi connectivity index (χ0v) is 18.1. The third kappa shape index (κ3) is 5.00. The van der Waals surface area contributed by atoms with E-state index in [1.807, 2.05) is 24.3 Å². The van der Waals surface area contributed by atoms with E-state index in [1.54, 1.807) is 36.4 Å². The number of nitrogens with zero attached hydrogens (tertiary/aromatic N) is 1. The predicted molar refractivity (Wildman–Crippen MR) is 118 cm³/mol. The first-order valence-corrected chi connectivity index (χ1v) is 10.1. The molecule has 0 radical (unpaired) electrons. The van der Waals surface area contributed by atoms with E-state index >= 15 is 0 Å². The molecular weight excluding hydrogens is 465 g/mol. The molecule has 3 aromatic rings. The summed E-state index contributed by atoms with van der Waals surface area (Å²) in [5, 5.41) is 0. The molecule has 0 aromatic heterocycles. The van der Waals surface area contributed by atoms with Crippen LogP contribution >= 0.6 is 15.9 Å². The van der Waals surface area contributed by atoms with E-state index in [9.17, 15) is 9.18 Å². The van der Waals surface area contributed by atoms with Gasteiger partial charge in [0.2, 0.25) is 5.90 Å². The SMILES string of the molecule is COc1cc(/C=C2\N=C(c3cccc(Br)c3)OC2=O)ccc1OCc1ccc(F)cc1. The summed E-state index contributed by atoms with van der Waals surface area (Å²) in [7, 11) is 1.53. The molecule has 0 atom stereocenters. The number of carbonyl (C=O) groups excluding carboxylic acids is 1. The lowest BCUT2D eigenvalue weighted by atomic mass is 10.1. The van der Waals surface area contributed by atoms with Gasteiger partial charge in [0.15, 0.2) is 17.2 Å². The maximum absolute atomic E-state index is 13.0. The van der Waals surface area contributed by atoms with Crippen molar-refractivity contribution in [3.05, 3.63) is 99.4 Å². The van der Waals surface area contributed by atoms with E-state index in [0.717, 1.165) is 10.0 Å². The van der Waals surface area contributed by atoms with Crippen molar-refractivity contribution in [2.24, 2.45) is 4.99 Å². The van der Waals surface area contributed by atoms with Crippen LogP contribution in [0.25, 0.3) is 6.08 Å². The molecule has 1 aliphatic rings. The van der Waals surface area contributed by atoms with Crippen LogP contribution in [0, 0.1) is 5.82 Å². The summed E-state index contributed by atoms with van der Waals surface area (Å²) in [6.07, 6.45) is 1.62. The molecule has 3 aromatic carbocycles. The van der Waals surface area contributed by atoms with Crippen LogP contribution in [-0.4, -0.2) is 19.0 Å². The van der Waals surface area contributed by atoms with E-state index in [1.165, 1.54) is 19.2 Å². The third-order valence-corrected chi connectivity index (χ3v) is 4.98. The van der Waals surface area contributed by atoms with E-state index in [-0.39, 0.29) is 24.0 Å². The zero-order chi connectivity index (χ0) is 21.8. The Labute approximate surface area is 186 Å². The Morgan fingerprint density at radius 3 is 2.61 bits per heavy atom. The molecule has 0 fully saturated rings. The van der Waals surface area contributed by atoms with E-state index in [4.69, 9.17) is 14.2 Å². The fourth-order valence-electron chi connectivity index (χ4n) is 2.95. The fourth-order valence-corrected chi connectivity index (χ4v) is 3.35. The second-order valence-electron chi connectivity index (χ2n) is 6.67. The van der Waals surface area contributed by atoms with Gasteiger partial charge in [-0.05, 0) is 59.7 Å². The number of aliphatic imine (C=N–C) groups is 1. The first kappa shape index (κ1) is 20.8. The van der Waals surface area contributed by atoms with Crippen LogP contribution in [0.15, 0.2) is 81.9 Å². The number of cyclic esters (lactones) is 1. The van der Waals surface area contributed by atoms with Crippen molar-refractivity contribution in [3.63, 3.8) is 0 Å². The first-order valence-electron chi connectivity index (χ1n) is 9.35. The smallest absolute Gasteiger partial charge is 0.363 e. The summed E-state index contributed by atoms with van der Waals surface area (Å²) in [6, 6.07) is 18.7. The summed E-state index contributed by atoms with van der Waals surface area (Å²) in [4.78, 5) is 16.6. The molecule has 1 aliphatic heterocycles. The molecule has 1 heterocycles. The van der Waals surface area contributed by atoms with Gasteiger partial charge in [0.25, 0.3) is 0 Å². The molecule has 0 saturated heterocycles. The highest BCUT2D eigenvalue weighted by atomic mass is 79.9. The van der Waals surface area contributed by atoms with Crippen LogP contribution in [0.2, 0.25) is 0 Å². The Morgan fingerprint density at radius 2 is 1.87 bits per heavy atom. The highest BCUT2D eigenvalue weighted by Gasteiger charge is 2.24. The molecule has 156 valence electrons. The Hall–Kier alpha value is -3.45. The average molecular weight is 482 g/mol. The minimum Gasteiger partial charge on any atom is -0.493 e. The molecule has 0 aliphatic carbocycles. The minimum absolute atomic E-state index is 0.192. The standard InChI is InChI=1S/C24H17BrFNO4/c1-29-22-12-16(7-10-21(22)30-14-15-5-8-19(26)9-6-15)11-20-24(28)31-23(27-20)17-3-2-4-18(25)13-17/h2-13H,14H2,1H3/b20-11-. The quantitative estimate of drug-likeness (QED) is 0.343. The van der Waals surface area contributed by atoms with Gasteiger partial charge in [0.1, 0.15) is 12.4 Å². The second kappa shape index (κ2) is 9.14. The van der Waals surface area contributed by atoms with Crippen LogP contribution in [0.3, 0.4) is 0 Å². The lowest BCUT2D eigenvalue weighted by Gasteiger charge is -2.11. The summed E-state index contributed by atoms with van der Waals surface area (Å²) in [5.74, 6) is 0.463. The second-order valence-corrected chi connectivity index (χ2v) is 7.59. The molecule has 31 heavy (non-hydrogen) atoms. The van der Waals surface area contributed by atoms with Gasteiger partial charge in [0, 0.05) is 10.0 Å². The molecule has 0 spiro atoms. The maximum atomic E-state index is 13.0. The lowest BCUT2D eigenvalue weighted by Crippen LogP contribution is -2.05. The van der Waals surface area contributed by atoms with Crippen molar-refractivity contribution in [3.8, 4) is 11.5 Å². The van der Waals surface area contributed by atoms with Crippen molar-refractivity contribution in [1.82, 2.24) is 0 Å². The van der Waals surface area contributed by atoms with Crippen molar-refractivity contribution >= 4 is 33.9 Å². The van der Waals surface area contributed by atoms with Crippen molar-refractivity contribution in [2.75, 3.05) is 7.11 Å². The number of halogens is 2. The van der Waals surface area contributed by atoms with E-state index in [0.29, 0.717) is 22.6 Å². The molecule has 0 unspecified atom stereocenters. The Kier molecular flexibility index (Phi) is 6.13. The summed E-state index contributed by atoms with van der Waals surface area (Å²) in [6.45, 7) is 0.268. The van der Waals surface area contributed by atoms with Crippen LogP contribution in [0.4, 0.5) is 4.39 Å². The van der Waals surface area contributed by atoms with E-state index in [2.05, 4.69) is 20.9 Å². The number of benzene rings is 3. The maximum Gasteiger partial charge on any atom is 0.363 e. The molecule has 0 amide bonds. The number of hydrogen-bond acceptors (Lipinski definition) is 5. The number of ether oxygens (including phenoxy) is 3. The van der Waals surface area contributed by atoms with E-state index < -0.39 is 5.97 Å². The van der Waals surface area contributed by atoms with Crippen molar-refractivity contribution in [2.45, 2.75) is 6.61 Å². The van der Waals surface area contributed by atoms with Gasteiger partial charge in [-0.25, -0.2) is 14.2 Å². The number of esters is 1.